The molecule has 10 heteroatoms. The average Bonchev–Trinajstić information content (AvgIpc) is 3.17. The van der Waals surface area contributed by atoms with Crippen LogP contribution in [0.4, 0.5) is 18.3 Å². The molecule has 0 aliphatic rings. The molecular weight excluding hydrogens is 349 g/mol. The van der Waals surface area contributed by atoms with Crippen molar-refractivity contribution in [1.29, 1.82) is 0 Å². The maximum absolute atomic E-state index is 12.4. The molecule has 0 saturated carbocycles. The summed E-state index contributed by atoms with van der Waals surface area (Å²) in [6, 6.07) is 4.63. The number of alkyl halides is 3. The molecule has 3 rings (SSSR count). The van der Waals surface area contributed by atoms with Crippen LogP contribution in [0, 0.1) is 0 Å². The molecular formula is C13H9F3N4OS2. The van der Waals surface area contributed by atoms with Crippen molar-refractivity contribution in [1.82, 2.24) is 14.8 Å². The first-order chi connectivity index (χ1) is 10.9. The van der Waals surface area contributed by atoms with E-state index >= 15 is 0 Å². The van der Waals surface area contributed by atoms with Gasteiger partial charge in [-0.3, -0.25) is 9.48 Å². The topological polar surface area (TPSA) is 59.8 Å². The van der Waals surface area contributed by atoms with Crippen LogP contribution in [0.15, 0.2) is 35.2 Å². The van der Waals surface area contributed by atoms with Crippen LogP contribution < -0.4 is 5.32 Å². The smallest absolute Gasteiger partial charge is 0.300 e. The number of anilines is 1. The summed E-state index contributed by atoms with van der Waals surface area (Å²) >= 11 is 2.78. The summed E-state index contributed by atoms with van der Waals surface area (Å²) in [7, 11) is 0. The average molecular weight is 358 g/mol. The molecule has 0 fully saturated rings. The molecule has 3 heterocycles. The van der Waals surface area contributed by atoms with Crippen molar-refractivity contribution in [2.75, 3.05) is 5.32 Å². The van der Waals surface area contributed by atoms with Gasteiger partial charge in [0, 0.05) is 11.6 Å². The summed E-state index contributed by atoms with van der Waals surface area (Å²) in [4.78, 5) is 17.1. The fourth-order valence-electron chi connectivity index (χ4n) is 1.78. The lowest BCUT2D eigenvalue weighted by Crippen LogP contribution is -2.19. The van der Waals surface area contributed by atoms with Gasteiger partial charge in [-0.15, -0.1) is 22.7 Å². The number of nitrogens with zero attached hydrogens (tertiary/aromatic N) is 3. The van der Waals surface area contributed by atoms with Crippen LogP contribution in [0.5, 0.6) is 0 Å². The quantitative estimate of drug-likeness (QED) is 0.773. The number of thiophene rings is 1. The minimum Gasteiger partial charge on any atom is -0.300 e. The Hall–Kier alpha value is -2.20. The lowest BCUT2D eigenvalue weighted by molar-refractivity contribution is -0.141. The van der Waals surface area contributed by atoms with Crippen LogP contribution in [0.1, 0.15) is 5.69 Å². The monoisotopic (exact) mass is 358 g/mol. The Morgan fingerprint density at radius 1 is 1.30 bits per heavy atom. The maximum atomic E-state index is 12.4. The number of amides is 1. The Kier molecular flexibility index (Phi) is 4.18. The van der Waals surface area contributed by atoms with Gasteiger partial charge in [-0.2, -0.15) is 18.3 Å². The summed E-state index contributed by atoms with van der Waals surface area (Å²) in [5, 5.41) is 9.99. The maximum Gasteiger partial charge on any atom is 0.435 e. The van der Waals surface area contributed by atoms with Gasteiger partial charge in [0.05, 0.1) is 10.6 Å². The Morgan fingerprint density at radius 3 is 2.78 bits per heavy atom. The molecule has 3 aromatic heterocycles. The first kappa shape index (κ1) is 15.7. The number of hydrogen-bond acceptors (Lipinski definition) is 5. The van der Waals surface area contributed by atoms with Gasteiger partial charge in [0.1, 0.15) is 6.54 Å². The minimum atomic E-state index is -4.52. The number of nitrogens with one attached hydrogen (secondary N) is 1. The van der Waals surface area contributed by atoms with E-state index in [4.69, 9.17) is 0 Å². The summed E-state index contributed by atoms with van der Waals surface area (Å²) in [5.41, 5.74) is -0.279. The highest BCUT2D eigenvalue weighted by atomic mass is 32.1. The van der Waals surface area contributed by atoms with Crippen LogP contribution >= 0.6 is 22.7 Å². The fourth-order valence-corrected chi connectivity index (χ4v) is 3.26. The summed E-state index contributed by atoms with van der Waals surface area (Å²) in [6.07, 6.45) is -3.41. The number of rotatable bonds is 4. The number of carbonyl (C=O) groups excluding carboxylic acids is 1. The molecule has 5 nitrogen and oxygen atoms in total. The zero-order valence-corrected chi connectivity index (χ0v) is 13.0. The Labute approximate surface area is 136 Å². The molecule has 0 saturated heterocycles. The summed E-state index contributed by atoms with van der Waals surface area (Å²) in [5.74, 6) is -0.492. The molecule has 1 N–H and O–H groups in total. The van der Waals surface area contributed by atoms with Gasteiger partial charge in [0.25, 0.3) is 0 Å². The van der Waals surface area contributed by atoms with E-state index in [1.54, 1.807) is 5.38 Å². The van der Waals surface area contributed by atoms with Crippen LogP contribution in [0.3, 0.4) is 0 Å². The highest BCUT2D eigenvalue weighted by Crippen LogP contribution is 2.28. The van der Waals surface area contributed by atoms with Gasteiger partial charge in [0.15, 0.2) is 10.8 Å². The highest BCUT2D eigenvalue weighted by molar-refractivity contribution is 7.16. The van der Waals surface area contributed by atoms with E-state index in [1.165, 1.54) is 22.7 Å². The predicted molar refractivity (Wildman–Crippen MR) is 81.3 cm³/mol. The van der Waals surface area contributed by atoms with E-state index in [0.29, 0.717) is 5.13 Å². The molecule has 0 aliphatic carbocycles. The van der Waals surface area contributed by atoms with Crippen LogP contribution in [0.25, 0.3) is 10.6 Å². The second-order valence-electron chi connectivity index (χ2n) is 4.46. The molecule has 3 aromatic rings. The molecule has 120 valence electrons. The van der Waals surface area contributed by atoms with Gasteiger partial charge in [-0.1, -0.05) is 6.07 Å². The predicted octanol–water partition coefficient (Wildman–Crippen LogP) is 3.73. The Morgan fingerprint density at radius 2 is 2.13 bits per heavy atom. The lowest BCUT2D eigenvalue weighted by Gasteiger charge is -2.03. The van der Waals surface area contributed by atoms with E-state index < -0.39 is 17.8 Å². The Balaban J connectivity index is 1.62. The Bertz CT molecular complexity index is 807. The number of thiazole rings is 1. The lowest BCUT2D eigenvalue weighted by atomic mass is 10.4. The highest BCUT2D eigenvalue weighted by Gasteiger charge is 2.33. The molecule has 23 heavy (non-hydrogen) atoms. The van der Waals surface area contributed by atoms with Crippen LogP contribution in [-0.4, -0.2) is 20.7 Å². The van der Waals surface area contributed by atoms with Gasteiger partial charge >= 0.3 is 6.18 Å². The number of aromatic nitrogens is 3. The van der Waals surface area contributed by atoms with Crippen molar-refractivity contribution in [2.45, 2.75) is 12.7 Å². The molecule has 1 amide bonds. The second-order valence-corrected chi connectivity index (χ2v) is 6.27. The first-order valence-corrected chi connectivity index (χ1v) is 8.07. The number of halogens is 3. The largest absolute Gasteiger partial charge is 0.435 e. The van der Waals surface area contributed by atoms with E-state index in [9.17, 15) is 18.0 Å². The first-order valence-electron chi connectivity index (χ1n) is 6.32. The molecule has 0 radical (unpaired) electrons. The minimum absolute atomic E-state index is 0.315. The normalized spacial score (nSPS) is 11.6. The third kappa shape index (κ3) is 3.77. The molecule has 0 aromatic carbocycles. The SMILES string of the molecule is O=C(Cn1ccc(C(F)(F)F)n1)Nc1nc(-c2cccs2)cs1. The van der Waals surface area contributed by atoms with Crippen molar-refractivity contribution >= 4 is 33.7 Å². The van der Waals surface area contributed by atoms with Gasteiger partial charge in [-0.25, -0.2) is 4.98 Å². The van der Waals surface area contributed by atoms with Crippen LogP contribution in [-0.2, 0) is 17.5 Å². The van der Waals surface area contributed by atoms with Crippen molar-refractivity contribution in [3.63, 3.8) is 0 Å². The third-order valence-electron chi connectivity index (χ3n) is 2.76. The molecule has 0 bridgehead atoms. The van der Waals surface area contributed by atoms with Crippen molar-refractivity contribution < 1.29 is 18.0 Å². The fraction of sp³-hybridized carbons (Fsp3) is 0.154. The molecule has 0 unspecified atom stereocenters. The number of carbonyl (C=O) groups is 1. The number of hydrogen-bond donors (Lipinski definition) is 1. The third-order valence-corrected chi connectivity index (χ3v) is 4.41. The zero-order valence-electron chi connectivity index (χ0n) is 11.4. The molecule has 0 spiro atoms. The standard InChI is InChI=1S/C13H9F3N4OS2/c14-13(15,16)10-3-4-20(19-10)6-11(21)18-12-17-8(7-23-12)9-2-1-5-22-9/h1-5,7H,6H2,(H,17,18,21). The summed E-state index contributed by atoms with van der Waals surface area (Å²) < 4.78 is 38.3. The van der Waals surface area contributed by atoms with Crippen LogP contribution in [0.2, 0.25) is 0 Å². The summed E-state index contributed by atoms with van der Waals surface area (Å²) in [6.45, 7) is -0.315. The van der Waals surface area contributed by atoms with E-state index in [2.05, 4.69) is 15.4 Å². The second kappa shape index (κ2) is 6.13. The molecule has 0 atom stereocenters. The van der Waals surface area contributed by atoms with E-state index in [0.717, 1.165) is 27.5 Å². The van der Waals surface area contributed by atoms with Crippen molar-refractivity contribution in [3.05, 3.63) is 40.8 Å². The zero-order chi connectivity index (χ0) is 16.4. The van der Waals surface area contributed by atoms with E-state index in [-0.39, 0.29) is 6.54 Å². The van der Waals surface area contributed by atoms with Gasteiger partial charge in [-0.05, 0) is 17.5 Å². The molecule has 0 aliphatic heterocycles. The van der Waals surface area contributed by atoms with Crippen molar-refractivity contribution in [2.24, 2.45) is 0 Å². The van der Waals surface area contributed by atoms with Gasteiger partial charge in [0.2, 0.25) is 5.91 Å². The van der Waals surface area contributed by atoms with Gasteiger partial charge < -0.3 is 5.32 Å². The van der Waals surface area contributed by atoms with Crippen molar-refractivity contribution in [3.8, 4) is 10.6 Å². The van der Waals surface area contributed by atoms with E-state index in [1.807, 2.05) is 17.5 Å².